The molecule has 0 saturated heterocycles. The second-order valence-electron chi connectivity index (χ2n) is 5.53. The molecule has 1 aromatic carbocycles. The molecule has 0 amide bonds. The normalized spacial score (nSPS) is 11.2. The molecule has 0 spiro atoms. The molecule has 3 rings (SSSR count). The molecule has 0 unspecified atom stereocenters. The van der Waals surface area contributed by atoms with Gasteiger partial charge in [0, 0.05) is 21.3 Å². The number of fused-ring (bicyclic) bond motifs is 1. The number of aryl methyl sites for hydroxylation is 2. The molecule has 3 nitrogen and oxygen atoms in total. The number of carbonyl (C=O) groups is 1. The van der Waals surface area contributed by atoms with Crippen LogP contribution in [-0.2, 0) is 6.42 Å². The highest BCUT2D eigenvalue weighted by Gasteiger charge is 2.16. The van der Waals surface area contributed by atoms with Gasteiger partial charge in [-0.1, -0.05) is 22.9 Å². The summed E-state index contributed by atoms with van der Waals surface area (Å²) in [6, 6.07) is 8.63. The van der Waals surface area contributed by atoms with E-state index in [2.05, 4.69) is 21.0 Å². The van der Waals surface area contributed by atoms with Crippen molar-refractivity contribution in [1.29, 1.82) is 0 Å². The number of nitrogens with zero attached hydrogens (tertiary/aromatic N) is 2. The number of pyridine rings is 1. The number of Topliss-reactive ketones (excluding diaryl/α,β-unsaturated/α-hetero) is 1. The lowest BCUT2D eigenvalue weighted by atomic mass is 10.0. The molecule has 5 heteroatoms. The van der Waals surface area contributed by atoms with Crippen LogP contribution in [-0.4, -0.2) is 15.4 Å². The van der Waals surface area contributed by atoms with E-state index >= 15 is 0 Å². The lowest BCUT2D eigenvalue weighted by Gasteiger charge is -2.09. The Bertz CT molecular complexity index is 930. The fourth-order valence-corrected chi connectivity index (χ4v) is 3.12. The average molecular weight is 375 g/mol. The van der Waals surface area contributed by atoms with Crippen LogP contribution in [0.2, 0.25) is 0 Å². The zero-order valence-electron chi connectivity index (χ0n) is 13.2. The third kappa shape index (κ3) is 2.70. The Balaban J connectivity index is 2.30. The van der Waals surface area contributed by atoms with Crippen LogP contribution in [0.15, 0.2) is 34.8 Å². The molecule has 0 aliphatic heterocycles. The van der Waals surface area contributed by atoms with E-state index in [0.29, 0.717) is 21.3 Å². The summed E-state index contributed by atoms with van der Waals surface area (Å²) in [4.78, 5) is 11.9. The van der Waals surface area contributed by atoms with Gasteiger partial charge in [-0.3, -0.25) is 4.79 Å². The van der Waals surface area contributed by atoms with Crippen molar-refractivity contribution in [3.63, 3.8) is 0 Å². The van der Waals surface area contributed by atoms with Crippen LogP contribution in [0, 0.1) is 12.7 Å². The summed E-state index contributed by atoms with van der Waals surface area (Å²) in [5.74, 6) is -0.303. The minimum atomic E-state index is -0.328. The molecular weight excluding hydrogens is 359 g/mol. The van der Waals surface area contributed by atoms with E-state index in [1.807, 2.05) is 26.0 Å². The van der Waals surface area contributed by atoms with Crippen LogP contribution in [0.3, 0.4) is 0 Å². The minimum Gasteiger partial charge on any atom is -0.294 e. The Labute approximate surface area is 142 Å². The molecular formula is C18H16BrFN2O. The quantitative estimate of drug-likeness (QED) is 0.606. The highest BCUT2D eigenvalue weighted by Crippen LogP contribution is 2.28. The molecule has 0 N–H and O–H groups in total. The van der Waals surface area contributed by atoms with Gasteiger partial charge in [0.2, 0.25) is 0 Å². The number of ketones is 1. The first kappa shape index (κ1) is 15.9. The molecule has 0 aliphatic carbocycles. The topological polar surface area (TPSA) is 34.4 Å². The molecule has 0 fully saturated rings. The summed E-state index contributed by atoms with van der Waals surface area (Å²) in [5, 5.41) is 4.56. The summed E-state index contributed by atoms with van der Waals surface area (Å²) in [7, 11) is 0. The van der Waals surface area contributed by atoms with E-state index in [9.17, 15) is 9.18 Å². The van der Waals surface area contributed by atoms with Crippen molar-refractivity contribution in [2.75, 3.05) is 0 Å². The predicted octanol–water partition coefficient (Wildman–Crippen LogP) is 4.98. The maximum atomic E-state index is 14.2. The third-order valence-corrected chi connectivity index (χ3v) is 4.52. The van der Waals surface area contributed by atoms with Gasteiger partial charge in [-0.25, -0.2) is 8.91 Å². The van der Waals surface area contributed by atoms with E-state index in [-0.39, 0.29) is 11.6 Å². The van der Waals surface area contributed by atoms with Crippen molar-refractivity contribution in [2.24, 2.45) is 0 Å². The van der Waals surface area contributed by atoms with Crippen molar-refractivity contribution >= 4 is 27.2 Å². The van der Waals surface area contributed by atoms with Crippen LogP contribution in [0.5, 0.6) is 0 Å². The van der Waals surface area contributed by atoms with Crippen molar-refractivity contribution in [3.8, 4) is 11.3 Å². The van der Waals surface area contributed by atoms with Gasteiger partial charge in [0.25, 0.3) is 0 Å². The van der Waals surface area contributed by atoms with Crippen LogP contribution in [0.1, 0.15) is 35.5 Å². The third-order valence-electron chi connectivity index (χ3n) is 4.03. The van der Waals surface area contributed by atoms with Crippen LogP contribution in [0.25, 0.3) is 16.8 Å². The zero-order valence-corrected chi connectivity index (χ0v) is 14.7. The van der Waals surface area contributed by atoms with Crippen LogP contribution in [0.4, 0.5) is 4.39 Å². The van der Waals surface area contributed by atoms with Crippen molar-refractivity contribution in [3.05, 3.63) is 57.4 Å². The average Bonchev–Trinajstić information content (AvgIpc) is 2.92. The van der Waals surface area contributed by atoms with Crippen LogP contribution < -0.4 is 0 Å². The number of hydrogen-bond acceptors (Lipinski definition) is 2. The second kappa shape index (κ2) is 5.89. The standard InChI is InChI=1S/C18H16BrFN2O/c1-4-13-8-15(11(3)23)10(2)18-9-17(21-22(13)18)14-6-5-12(19)7-16(14)20/h5-9H,4H2,1-3H3. The number of aromatic nitrogens is 2. The van der Waals surface area contributed by atoms with Crippen molar-refractivity contribution < 1.29 is 9.18 Å². The molecule has 0 aliphatic rings. The highest BCUT2D eigenvalue weighted by molar-refractivity contribution is 9.10. The smallest absolute Gasteiger partial charge is 0.160 e. The maximum Gasteiger partial charge on any atom is 0.160 e. The summed E-state index contributed by atoms with van der Waals surface area (Å²) < 4.78 is 16.7. The SMILES string of the molecule is CCc1cc(C(C)=O)c(C)c2cc(-c3ccc(Br)cc3F)nn12. The van der Waals surface area contributed by atoms with E-state index in [0.717, 1.165) is 23.2 Å². The maximum absolute atomic E-state index is 14.2. The van der Waals surface area contributed by atoms with Gasteiger partial charge in [0.15, 0.2) is 5.78 Å². The van der Waals surface area contributed by atoms with Gasteiger partial charge in [-0.2, -0.15) is 5.10 Å². The van der Waals surface area contributed by atoms with E-state index in [1.165, 1.54) is 6.07 Å². The first-order valence-corrected chi connectivity index (χ1v) is 8.20. The molecule has 2 heterocycles. The number of carbonyl (C=O) groups excluding carboxylic acids is 1. The first-order valence-electron chi connectivity index (χ1n) is 7.41. The summed E-state index contributed by atoms with van der Waals surface area (Å²) >= 11 is 3.26. The Morgan fingerprint density at radius 3 is 2.65 bits per heavy atom. The molecule has 23 heavy (non-hydrogen) atoms. The Morgan fingerprint density at radius 2 is 2.04 bits per heavy atom. The lowest BCUT2D eigenvalue weighted by molar-refractivity contribution is 0.101. The number of rotatable bonds is 3. The van der Waals surface area contributed by atoms with Gasteiger partial charge in [0.1, 0.15) is 5.82 Å². The number of halogens is 2. The minimum absolute atomic E-state index is 0.0253. The molecule has 118 valence electrons. The molecule has 2 aromatic heterocycles. The zero-order chi connectivity index (χ0) is 16.7. The fourth-order valence-electron chi connectivity index (χ4n) is 2.79. The monoisotopic (exact) mass is 374 g/mol. The van der Waals surface area contributed by atoms with E-state index in [4.69, 9.17) is 0 Å². The van der Waals surface area contributed by atoms with Crippen molar-refractivity contribution in [2.45, 2.75) is 27.2 Å². The number of hydrogen-bond donors (Lipinski definition) is 0. The fraction of sp³-hybridized carbons (Fsp3) is 0.222. The molecule has 0 saturated carbocycles. The molecule has 0 bridgehead atoms. The lowest BCUT2D eigenvalue weighted by Crippen LogP contribution is -2.05. The second-order valence-corrected chi connectivity index (χ2v) is 6.45. The first-order chi connectivity index (χ1) is 10.9. The Kier molecular flexibility index (Phi) is 4.06. The van der Waals surface area contributed by atoms with E-state index in [1.54, 1.807) is 23.6 Å². The van der Waals surface area contributed by atoms with Gasteiger partial charge in [-0.05, 0) is 56.2 Å². The Morgan fingerprint density at radius 1 is 1.30 bits per heavy atom. The summed E-state index contributed by atoms with van der Waals surface area (Å²) in [5.41, 5.74) is 4.34. The van der Waals surface area contributed by atoms with Gasteiger partial charge < -0.3 is 0 Å². The van der Waals surface area contributed by atoms with Gasteiger partial charge in [0.05, 0.1) is 11.2 Å². The largest absolute Gasteiger partial charge is 0.294 e. The van der Waals surface area contributed by atoms with Gasteiger partial charge >= 0.3 is 0 Å². The van der Waals surface area contributed by atoms with Gasteiger partial charge in [-0.15, -0.1) is 0 Å². The predicted molar refractivity (Wildman–Crippen MR) is 92.4 cm³/mol. The summed E-state index contributed by atoms with van der Waals surface area (Å²) in [6.07, 6.45) is 0.737. The van der Waals surface area contributed by atoms with Crippen LogP contribution >= 0.6 is 15.9 Å². The summed E-state index contributed by atoms with van der Waals surface area (Å²) in [6.45, 7) is 5.47. The van der Waals surface area contributed by atoms with E-state index < -0.39 is 0 Å². The molecule has 3 aromatic rings. The van der Waals surface area contributed by atoms with Crippen molar-refractivity contribution in [1.82, 2.24) is 9.61 Å². The molecule has 0 radical (unpaired) electrons. The highest BCUT2D eigenvalue weighted by atomic mass is 79.9. The Hall–Kier alpha value is -2.01. The molecule has 0 atom stereocenters. The number of benzene rings is 1.